The van der Waals surface area contributed by atoms with Crippen LogP contribution in [-0.2, 0) is 0 Å². The van der Waals surface area contributed by atoms with Gasteiger partial charge in [-0.25, -0.2) is 4.39 Å². The summed E-state index contributed by atoms with van der Waals surface area (Å²) in [5.74, 6) is -0.0810. The Balaban J connectivity index is 2.15. The van der Waals surface area contributed by atoms with E-state index in [9.17, 15) is 9.18 Å². The van der Waals surface area contributed by atoms with Crippen molar-refractivity contribution < 1.29 is 9.18 Å². The first-order valence-electron chi connectivity index (χ1n) is 5.85. The molecule has 2 nitrogen and oxygen atoms in total. The Labute approximate surface area is 105 Å². The van der Waals surface area contributed by atoms with Crippen LogP contribution in [0, 0.1) is 5.82 Å². The second-order valence-corrected chi connectivity index (χ2v) is 4.66. The summed E-state index contributed by atoms with van der Waals surface area (Å²) in [5, 5.41) is 0. The molecule has 4 heteroatoms. The molecule has 1 aromatic rings. The predicted molar refractivity (Wildman–Crippen MR) is 65.8 cm³/mol. The van der Waals surface area contributed by atoms with Gasteiger partial charge in [0.05, 0.1) is 0 Å². The van der Waals surface area contributed by atoms with Crippen LogP contribution in [0.5, 0.6) is 0 Å². The average molecular weight is 256 g/mol. The number of hydrogen-bond donors (Lipinski definition) is 0. The summed E-state index contributed by atoms with van der Waals surface area (Å²) in [7, 11) is 0. The van der Waals surface area contributed by atoms with Crippen molar-refractivity contribution in [3.8, 4) is 0 Å². The predicted octanol–water partition coefficient (Wildman–Crippen LogP) is 3.06. The van der Waals surface area contributed by atoms with Crippen LogP contribution in [-0.4, -0.2) is 29.3 Å². The third-order valence-electron chi connectivity index (χ3n) is 3.17. The minimum absolute atomic E-state index is 0.116. The van der Waals surface area contributed by atoms with Gasteiger partial charge in [-0.3, -0.25) is 4.79 Å². The lowest BCUT2D eigenvalue weighted by molar-refractivity contribution is 0.0597. The highest BCUT2D eigenvalue weighted by Gasteiger charge is 2.28. The molecule has 1 fully saturated rings. The molecular weight excluding hydrogens is 241 g/mol. The molecule has 1 aliphatic rings. The summed E-state index contributed by atoms with van der Waals surface area (Å²) < 4.78 is 13.1. The lowest BCUT2D eigenvalue weighted by atomic mass is 9.91. The van der Waals surface area contributed by atoms with E-state index in [1.807, 2.05) is 0 Å². The fourth-order valence-corrected chi connectivity index (χ4v) is 2.21. The quantitative estimate of drug-likeness (QED) is 0.758. The molecule has 17 heavy (non-hydrogen) atoms. The highest BCUT2D eigenvalue weighted by Crippen LogP contribution is 2.26. The van der Waals surface area contributed by atoms with Crippen LogP contribution in [0.2, 0.25) is 0 Å². The number of benzene rings is 1. The van der Waals surface area contributed by atoms with Crippen molar-refractivity contribution in [1.29, 1.82) is 0 Å². The fraction of sp³-hybridized carbons (Fsp3) is 0.462. The minimum atomic E-state index is -0.379. The molecule has 0 N–H and O–H groups in total. The van der Waals surface area contributed by atoms with E-state index < -0.39 is 0 Å². The highest BCUT2D eigenvalue weighted by molar-refractivity contribution is 6.18. The molecule has 0 atom stereocenters. The monoisotopic (exact) mass is 255 g/mol. The molecule has 0 aromatic heterocycles. The molecule has 0 radical (unpaired) electrons. The number of rotatable bonds is 4. The Morgan fingerprint density at radius 1 is 1.47 bits per heavy atom. The van der Waals surface area contributed by atoms with E-state index in [1.54, 1.807) is 17.0 Å². The van der Waals surface area contributed by atoms with Gasteiger partial charge in [0.1, 0.15) is 5.82 Å². The van der Waals surface area contributed by atoms with Crippen LogP contribution in [0.1, 0.15) is 29.6 Å². The van der Waals surface area contributed by atoms with Crippen molar-refractivity contribution in [1.82, 2.24) is 4.90 Å². The lowest BCUT2D eigenvalue weighted by Gasteiger charge is -2.37. The molecule has 0 spiro atoms. The van der Waals surface area contributed by atoms with Gasteiger partial charge in [0.15, 0.2) is 0 Å². The summed E-state index contributed by atoms with van der Waals surface area (Å²) in [6.07, 6.45) is 3.20. The zero-order chi connectivity index (χ0) is 12.3. The van der Waals surface area contributed by atoms with Crippen LogP contribution in [0.25, 0.3) is 0 Å². The Kier molecular flexibility index (Phi) is 4.00. The van der Waals surface area contributed by atoms with E-state index >= 15 is 0 Å². The number of carbonyl (C=O) groups is 1. The van der Waals surface area contributed by atoms with Gasteiger partial charge in [0, 0.05) is 24.0 Å². The number of alkyl halides is 1. The smallest absolute Gasteiger partial charge is 0.254 e. The first-order chi connectivity index (χ1) is 8.22. The van der Waals surface area contributed by atoms with Gasteiger partial charge in [-0.15, -0.1) is 11.6 Å². The zero-order valence-corrected chi connectivity index (χ0v) is 10.3. The molecule has 1 saturated carbocycles. The molecule has 2 rings (SSSR count). The Morgan fingerprint density at radius 3 is 2.76 bits per heavy atom. The van der Waals surface area contributed by atoms with E-state index in [-0.39, 0.29) is 17.8 Å². The maximum absolute atomic E-state index is 13.1. The van der Waals surface area contributed by atoms with Gasteiger partial charge < -0.3 is 4.90 Å². The third kappa shape index (κ3) is 2.78. The number of hydrogen-bond acceptors (Lipinski definition) is 1. The van der Waals surface area contributed by atoms with E-state index in [0.29, 0.717) is 18.0 Å². The van der Waals surface area contributed by atoms with Gasteiger partial charge >= 0.3 is 0 Å². The summed E-state index contributed by atoms with van der Waals surface area (Å²) in [5.41, 5.74) is 0.405. The molecule has 1 aliphatic carbocycles. The van der Waals surface area contributed by atoms with Crippen molar-refractivity contribution in [2.24, 2.45) is 0 Å². The SMILES string of the molecule is O=C(c1cccc(F)c1)N(CCCl)C1CCC1. The third-order valence-corrected chi connectivity index (χ3v) is 3.34. The molecule has 0 saturated heterocycles. The number of carbonyl (C=O) groups excluding carboxylic acids is 1. The summed E-state index contributed by atoms with van der Waals surface area (Å²) >= 11 is 5.72. The summed E-state index contributed by atoms with van der Waals surface area (Å²) in [4.78, 5) is 14.0. The topological polar surface area (TPSA) is 20.3 Å². The first kappa shape index (κ1) is 12.4. The number of amides is 1. The van der Waals surface area contributed by atoms with Gasteiger partial charge in [0.25, 0.3) is 5.91 Å². The first-order valence-corrected chi connectivity index (χ1v) is 6.38. The second-order valence-electron chi connectivity index (χ2n) is 4.28. The van der Waals surface area contributed by atoms with Crippen molar-refractivity contribution in [2.45, 2.75) is 25.3 Å². The second kappa shape index (κ2) is 5.50. The van der Waals surface area contributed by atoms with E-state index in [4.69, 9.17) is 11.6 Å². The van der Waals surface area contributed by atoms with Gasteiger partial charge in [-0.1, -0.05) is 6.07 Å². The molecule has 1 amide bonds. The van der Waals surface area contributed by atoms with E-state index in [2.05, 4.69) is 0 Å². The standard InChI is InChI=1S/C13H15ClFNO/c14-7-8-16(12-5-2-6-12)13(17)10-3-1-4-11(15)9-10/h1,3-4,9,12H,2,5-8H2. The van der Waals surface area contributed by atoms with Crippen molar-refractivity contribution in [3.05, 3.63) is 35.6 Å². The molecular formula is C13H15ClFNO. The van der Waals surface area contributed by atoms with E-state index in [0.717, 1.165) is 19.3 Å². The van der Waals surface area contributed by atoms with Gasteiger partial charge in [-0.05, 0) is 37.5 Å². The largest absolute Gasteiger partial charge is 0.334 e. The van der Waals surface area contributed by atoms with Crippen LogP contribution < -0.4 is 0 Å². The Bertz CT molecular complexity index is 406. The van der Waals surface area contributed by atoms with Crippen molar-refractivity contribution >= 4 is 17.5 Å². The van der Waals surface area contributed by atoms with E-state index in [1.165, 1.54) is 12.1 Å². The summed E-state index contributed by atoms with van der Waals surface area (Å²) in [6.45, 7) is 0.529. The van der Waals surface area contributed by atoms with Gasteiger partial charge in [0.2, 0.25) is 0 Å². The minimum Gasteiger partial charge on any atom is -0.334 e. The average Bonchev–Trinajstić information content (AvgIpc) is 2.25. The van der Waals surface area contributed by atoms with Crippen molar-refractivity contribution in [3.63, 3.8) is 0 Å². The van der Waals surface area contributed by atoms with Crippen molar-refractivity contribution in [2.75, 3.05) is 12.4 Å². The van der Waals surface area contributed by atoms with Crippen LogP contribution in [0.3, 0.4) is 0 Å². The molecule has 0 aliphatic heterocycles. The number of halogens is 2. The van der Waals surface area contributed by atoms with Crippen LogP contribution in [0.15, 0.2) is 24.3 Å². The maximum atomic E-state index is 13.1. The zero-order valence-electron chi connectivity index (χ0n) is 9.53. The highest BCUT2D eigenvalue weighted by atomic mass is 35.5. The van der Waals surface area contributed by atoms with Crippen LogP contribution in [0.4, 0.5) is 4.39 Å². The Morgan fingerprint density at radius 2 is 2.24 bits per heavy atom. The fourth-order valence-electron chi connectivity index (χ4n) is 2.03. The molecule has 92 valence electrons. The normalized spacial score (nSPS) is 15.4. The maximum Gasteiger partial charge on any atom is 0.254 e. The molecule has 1 aromatic carbocycles. The Hall–Kier alpha value is -1.09. The molecule has 0 heterocycles. The number of nitrogens with zero attached hydrogens (tertiary/aromatic N) is 1. The molecule has 0 unspecified atom stereocenters. The summed E-state index contributed by atoms with van der Waals surface area (Å²) in [6, 6.07) is 6.10. The lowest BCUT2D eigenvalue weighted by Crippen LogP contribution is -2.45. The molecule has 0 bridgehead atoms. The van der Waals surface area contributed by atoms with Gasteiger partial charge in [-0.2, -0.15) is 0 Å². The van der Waals surface area contributed by atoms with Crippen LogP contribution >= 0.6 is 11.6 Å².